The van der Waals surface area contributed by atoms with Gasteiger partial charge < -0.3 is 10.6 Å². The van der Waals surface area contributed by atoms with Crippen molar-refractivity contribution in [3.8, 4) is 0 Å². The van der Waals surface area contributed by atoms with Crippen molar-refractivity contribution in [2.24, 2.45) is 17.6 Å². The number of likely N-dealkylation sites (tertiary alicyclic amines) is 1. The summed E-state index contributed by atoms with van der Waals surface area (Å²) >= 11 is 0. The summed E-state index contributed by atoms with van der Waals surface area (Å²) in [7, 11) is 0. The maximum Gasteiger partial charge on any atom is 0.226 e. The van der Waals surface area contributed by atoms with Crippen LogP contribution in [-0.4, -0.2) is 29.9 Å². The molecular weight excluding hydrogens is 284 g/mol. The lowest BCUT2D eigenvalue weighted by molar-refractivity contribution is -0.134. The molecule has 1 aliphatic heterocycles. The van der Waals surface area contributed by atoms with E-state index in [1.54, 1.807) is 0 Å². The molecule has 3 atom stereocenters. The van der Waals surface area contributed by atoms with Gasteiger partial charge in [0, 0.05) is 30.5 Å². The van der Waals surface area contributed by atoms with Crippen molar-refractivity contribution >= 4 is 5.91 Å². The number of nitrogens with two attached hydrogens (primary N) is 1. The number of rotatable bonds is 2. The Bertz CT molecular complexity index is 603. The lowest BCUT2D eigenvalue weighted by Crippen LogP contribution is -2.44. The van der Waals surface area contributed by atoms with Gasteiger partial charge in [0.2, 0.25) is 5.91 Å². The van der Waals surface area contributed by atoms with E-state index in [0.717, 1.165) is 32.4 Å². The van der Waals surface area contributed by atoms with Gasteiger partial charge in [0.25, 0.3) is 0 Å². The minimum atomic E-state index is 0.171. The zero-order valence-corrected chi connectivity index (χ0v) is 14.1. The summed E-state index contributed by atoms with van der Waals surface area (Å²) < 4.78 is 0. The maximum atomic E-state index is 13.0. The fourth-order valence-corrected chi connectivity index (χ4v) is 5.02. The van der Waals surface area contributed by atoms with Crippen LogP contribution in [0.25, 0.3) is 0 Å². The maximum absolute atomic E-state index is 13.0. The molecule has 1 aromatic carbocycles. The molecule has 1 aromatic rings. The summed E-state index contributed by atoms with van der Waals surface area (Å²) in [5.74, 6) is 1.23. The van der Waals surface area contributed by atoms with E-state index in [1.807, 2.05) is 0 Å². The van der Waals surface area contributed by atoms with Crippen LogP contribution in [0.2, 0.25) is 0 Å². The normalized spacial score (nSPS) is 31.7. The molecule has 3 unspecified atom stereocenters. The number of fused-ring (bicyclic) bond motifs is 2. The Labute approximate surface area is 139 Å². The molecular formula is C20H28N2O. The third-order valence-electron chi connectivity index (χ3n) is 6.59. The highest BCUT2D eigenvalue weighted by molar-refractivity contribution is 5.85. The smallest absolute Gasteiger partial charge is 0.226 e. The molecule has 0 radical (unpaired) electrons. The van der Waals surface area contributed by atoms with Crippen LogP contribution in [0.4, 0.5) is 0 Å². The van der Waals surface area contributed by atoms with Crippen molar-refractivity contribution in [2.75, 3.05) is 13.1 Å². The first-order chi connectivity index (χ1) is 11.1. The number of aryl methyl sites for hydroxylation is 1. The number of carbonyl (C=O) groups is 1. The Kier molecular flexibility index (Phi) is 3.72. The zero-order valence-electron chi connectivity index (χ0n) is 14.1. The molecule has 4 rings (SSSR count). The van der Waals surface area contributed by atoms with Gasteiger partial charge in [0.15, 0.2) is 0 Å². The number of amides is 1. The minimum Gasteiger partial charge on any atom is -0.342 e. The molecule has 2 N–H and O–H groups in total. The molecule has 0 aromatic heterocycles. The Morgan fingerprint density at radius 3 is 2.78 bits per heavy atom. The monoisotopic (exact) mass is 312 g/mol. The van der Waals surface area contributed by atoms with E-state index >= 15 is 0 Å². The first-order valence-corrected chi connectivity index (χ1v) is 9.24. The second-order valence-electron chi connectivity index (χ2n) is 7.95. The van der Waals surface area contributed by atoms with Gasteiger partial charge in [-0.15, -0.1) is 0 Å². The predicted octanol–water partition coefficient (Wildman–Crippen LogP) is 2.87. The highest BCUT2D eigenvalue weighted by Gasteiger charge is 2.60. The van der Waals surface area contributed by atoms with Gasteiger partial charge in [-0.05, 0) is 62.5 Å². The number of nitrogens with zero attached hydrogens (tertiary/aromatic N) is 1. The van der Waals surface area contributed by atoms with Crippen LogP contribution in [0, 0.1) is 11.8 Å². The van der Waals surface area contributed by atoms with Crippen LogP contribution in [0.15, 0.2) is 24.3 Å². The average Bonchev–Trinajstić information content (AvgIpc) is 3.29. The van der Waals surface area contributed by atoms with Gasteiger partial charge in [-0.2, -0.15) is 0 Å². The van der Waals surface area contributed by atoms with E-state index in [0.29, 0.717) is 11.8 Å². The van der Waals surface area contributed by atoms with Crippen LogP contribution < -0.4 is 5.73 Å². The first kappa shape index (κ1) is 15.2. The quantitative estimate of drug-likeness (QED) is 0.913. The Balaban J connectivity index is 1.47. The Hall–Kier alpha value is -1.35. The Morgan fingerprint density at radius 1 is 1.30 bits per heavy atom. The number of hydrogen-bond acceptors (Lipinski definition) is 2. The molecule has 3 heteroatoms. The summed E-state index contributed by atoms with van der Waals surface area (Å²) in [4.78, 5) is 15.1. The summed E-state index contributed by atoms with van der Waals surface area (Å²) in [6.45, 7) is 3.90. The summed E-state index contributed by atoms with van der Waals surface area (Å²) in [5.41, 5.74) is 9.14. The van der Waals surface area contributed by atoms with E-state index in [2.05, 4.69) is 36.1 Å². The van der Waals surface area contributed by atoms with Crippen LogP contribution in [0.3, 0.4) is 0 Å². The minimum absolute atomic E-state index is 0.171. The lowest BCUT2D eigenvalue weighted by Gasteiger charge is -2.35. The first-order valence-electron chi connectivity index (χ1n) is 9.24. The van der Waals surface area contributed by atoms with E-state index in [-0.39, 0.29) is 17.4 Å². The van der Waals surface area contributed by atoms with E-state index in [1.165, 1.54) is 30.4 Å². The van der Waals surface area contributed by atoms with Crippen LogP contribution >= 0.6 is 0 Å². The third kappa shape index (κ3) is 2.50. The van der Waals surface area contributed by atoms with Crippen molar-refractivity contribution in [3.63, 3.8) is 0 Å². The molecule has 3 aliphatic rings. The van der Waals surface area contributed by atoms with Crippen molar-refractivity contribution in [1.29, 1.82) is 0 Å². The lowest BCUT2D eigenvalue weighted by atomic mass is 9.78. The fourth-order valence-electron chi connectivity index (χ4n) is 5.02. The molecule has 23 heavy (non-hydrogen) atoms. The van der Waals surface area contributed by atoms with Crippen LogP contribution in [-0.2, 0) is 16.6 Å². The van der Waals surface area contributed by atoms with Crippen molar-refractivity contribution in [3.05, 3.63) is 35.4 Å². The van der Waals surface area contributed by atoms with E-state index in [9.17, 15) is 4.79 Å². The number of hydrogen-bond donors (Lipinski definition) is 1. The van der Waals surface area contributed by atoms with Crippen LogP contribution in [0.5, 0.6) is 0 Å². The molecule has 124 valence electrons. The molecule has 2 fully saturated rings. The molecule has 2 aliphatic carbocycles. The van der Waals surface area contributed by atoms with Gasteiger partial charge >= 0.3 is 0 Å². The number of piperidine rings is 1. The largest absolute Gasteiger partial charge is 0.342 e. The summed E-state index contributed by atoms with van der Waals surface area (Å²) in [6, 6.07) is 9.05. The molecule has 1 heterocycles. The summed E-state index contributed by atoms with van der Waals surface area (Å²) in [6.07, 6.45) is 6.80. The standard InChI is InChI=1S/C20H28N2O/c1-14(21)15-8-11-22(12-9-15)19(23)18-13-20(18)10-4-6-16-5-2-3-7-17(16)20/h2-3,5,7,14-15,18H,4,6,8-13,21H2,1H3. The van der Waals surface area contributed by atoms with E-state index in [4.69, 9.17) is 5.73 Å². The van der Waals surface area contributed by atoms with Gasteiger partial charge in [-0.1, -0.05) is 24.3 Å². The zero-order chi connectivity index (χ0) is 16.0. The topological polar surface area (TPSA) is 46.3 Å². The van der Waals surface area contributed by atoms with Gasteiger partial charge in [0.05, 0.1) is 0 Å². The Morgan fingerprint density at radius 2 is 2.04 bits per heavy atom. The molecule has 0 bridgehead atoms. The third-order valence-corrected chi connectivity index (χ3v) is 6.59. The molecule has 3 nitrogen and oxygen atoms in total. The van der Waals surface area contributed by atoms with Crippen molar-refractivity contribution in [2.45, 2.75) is 56.9 Å². The molecule has 1 saturated carbocycles. The summed E-state index contributed by atoms with van der Waals surface area (Å²) in [5, 5.41) is 0. The number of carbonyl (C=O) groups excluding carboxylic acids is 1. The highest BCUT2D eigenvalue weighted by Crippen LogP contribution is 2.60. The van der Waals surface area contributed by atoms with Crippen molar-refractivity contribution < 1.29 is 4.79 Å². The predicted molar refractivity (Wildman–Crippen MR) is 92.1 cm³/mol. The molecule has 1 amide bonds. The fraction of sp³-hybridized carbons (Fsp3) is 0.650. The van der Waals surface area contributed by atoms with Crippen molar-refractivity contribution in [1.82, 2.24) is 4.90 Å². The van der Waals surface area contributed by atoms with Gasteiger partial charge in [-0.3, -0.25) is 4.79 Å². The molecule has 1 spiro atoms. The van der Waals surface area contributed by atoms with Gasteiger partial charge in [0.1, 0.15) is 0 Å². The second-order valence-corrected chi connectivity index (χ2v) is 7.95. The highest BCUT2D eigenvalue weighted by atomic mass is 16.2. The van der Waals surface area contributed by atoms with E-state index < -0.39 is 0 Å². The second kappa shape index (κ2) is 5.62. The number of benzene rings is 1. The molecule has 1 saturated heterocycles. The van der Waals surface area contributed by atoms with Crippen LogP contribution in [0.1, 0.15) is 50.2 Å². The average molecular weight is 312 g/mol. The SMILES string of the molecule is CC(N)C1CCN(C(=O)C2CC23CCCc2ccccc23)CC1. The van der Waals surface area contributed by atoms with Gasteiger partial charge in [-0.25, -0.2) is 0 Å².